The van der Waals surface area contributed by atoms with Crippen LogP contribution < -0.4 is 0 Å². The van der Waals surface area contributed by atoms with Crippen molar-refractivity contribution in [2.75, 3.05) is 0 Å². The molecular weight excluding hydrogens is 327 g/mol. The lowest BCUT2D eigenvalue weighted by atomic mass is 10.1. The van der Waals surface area contributed by atoms with Gasteiger partial charge in [0.05, 0.1) is 20.9 Å². The van der Waals surface area contributed by atoms with Crippen LogP contribution in [0.2, 0.25) is 15.2 Å². The fourth-order valence-electron chi connectivity index (χ4n) is 2.23. The molecule has 1 heterocycles. The van der Waals surface area contributed by atoms with Gasteiger partial charge < -0.3 is 0 Å². The van der Waals surface area contributed by atoms with Crippen LogP contribution in [0.4, 0.5) is 0 Å². The molecule has 1 aromatic heterocycles. The van der Waals surface area contributed by atoms with E-state index in [0.717, 1.165) is 22.2 Å². The van der Waals surface area contributed by atoms with Gasteiger partial charge >= 0.3 is 0 Å². The lowest BCUT2D eigenvalue weighted by molar-refractivity contribution is 1.21. The molecule has 0 amide bonds. The first-order valence-corrected chi connectivity index (χ1v) is 7.50. The number of hydrogen-bond donors (Lipinski definition) is 0. The molecule has 3 aromatic rings. The molecule has 21 heavy (non-hydrogen) atoms. The van der Waals surface area contributed by atoms with Crippen molar-refractivity contribution in [1.82, 2.24) is 9.97 Å². The van der Waals surface area contributed by atoms with Gasteiger partial charge in [-0.1, -0.05) is 53.0 Å². The quantitative estimate of drug-likeness (QED) is 0.519. The third-order valence-electron chi connectivity index (χ3n) is 3.39. The van der Waals surface area contributed by atoms with Crippen molar-refractivity contribution in [3.8, 4) is 11.4 Å². The molecule has 5 heteroatoms. The predicted molar refractivity (Wildman–Crippen MR) is 89.5 cm³/mol. The molecular formula is C16H11Cl3N2. The van der Waals surface area contributed by atoms with Crippen molar-refractivity contribution in [3.05, 3.63) is 56.7 Å². The second kappa shape index (κ2) is 5.45. The van der Waals surface area contributed by atoms with E-state index < -0.39 is 0 Å². The molecule has 0 saturated heterocycles. The summed E-state index contributed by atoms with van der Waals surface area (Å²) >= 11 is 18.9. The molecule has 3 rings (SSSR count). The molecule has 0 fully saturated rings. The van der Waals surface area contributed by atoms with Crippen LogP contribution in [0.3, 0.4) is 0 Å². The van der Waals surface area contributed by atoms with E-state index in [1.54, 1.807) is 6.07 Å². The molecule has 0 N–H and O–H groups in total. The van der Waals surface area contributed by atoms with Gasteiger partial charge in [-0.25, -0.2) is 9.97 Å². The fourth-order valence-corrected chi connectivity index (χ4v) is 3.00. The summed E-state index contributed by atoms with van der Waals surface area (Å²) in [6.45, 7) is 3.90. The lowest BCUT2D eigenvalue weighted by Gasteiger charge is -2.10. The first-order valence-electron chi connectivity index (χ1n) is 6.37. The van der Waals surface area contributed by atoms with Gasteiger partial charge in [0, 0.05) is 5.56 Å². The Labute approximate surface area is 137 Å². The first kappa shape index (κ1) is 14.6. The fraction of sp³-hybridized carbons (Fsp3) is 0.125. The molecule has 0 bridgehead atoms. The number of aryl methyl sites for hydroxylation is 2. The zero-order valence-corrected chi connectivity index (χ0v) is 13.7. The summed E-state index contributed by atoms with van der Waals surface area (Å²) in [7, 11) is 0. The second-order valence-corrected chi connectivity index (χ2v) is 6.01. The van der Waals surface area contributed by atoms with E-state index >= 15 is 0 Å². The summed E-state index contributed by atoms with van der Waals surface area (Å²) < 4.78 is 0. The van der Waals surface area contributed by atoms with Gasteiger partial charge in [0.1, 0.15) is 5.15 Å². The van der Waals surface area contributed by atoms with E-state index in [4.69, 9.17) is 34.8 Å². The SMILES string of the molecule is Cc1cccc(-c2nc(Cl)c3c(Cl)ccc(C)c3n2)c1Cl. The molecule has 106 valence electrons. The molecule has 0 atom stereocenters. The number of rotatable bonds is 1. The highest BCUT2D eigenvalue weighted by atomic mass is 35.5. The maximum Gasteiger partial charge on any atom is 0.163 e. The Kier molecular flexibility index (Phi) is 3.78. The van der Waals surface area contributed by atoms with Crippen LogP contribution >= 0.6 is 34.8 Å². The zero-order chi connectivity index (χ0) is 15.1. The summed E-state index contributed by atoms with van der Waals surface area (Å²) in [5, 5.41) is 2.18. The third-order valence-corrected chi connectivity index (χ3v) is 4.48. The van der Waals surface area contributed by atoms with Crippen LogP contribution in [0.25, 0.3) is 22.3 Å². The average Bonchev–Trinajstić information content (AvgIpc) is 2.45. The molecule has 0 spiro atoms. The largest absolute Gasteiger partial charge is 0.228 e. The lowest BCUT2D eigenvalue weighted by Crippen LogP contribution is -1.95. The Morgan fingerprint density at radius 1 is 0.857 bits per heavy atom. The number of halogens is 3. The summed E-state index contributed by atoms with van der Waals surface area (Å²) in [5.41, 5.74) is 3.47. The number of fused-ring (bicyclic) bond motifs is 1. The van der Waals surface area contributed by atoms with Gasteiger partial charge in [-0.3, -0.25) is 0 Å². The van der Waals surface area contributed by atoms with Crippen molar-refractivity contribution >= 4 is 45.7 Å². The summed E-state index contributed by atoms with van der Waals surface area (Å²) in [4.78, 5) is 8.97. The summed E-state index contributed by atoms with van der Waals surface area (Å²) in [5.74, 6) is 0.506. The molecule has 0 unspecified atom stereocenters. The number of nitrogens with zero attached hydrogens (tertiary/aromatic N) is 2. The van der Waals surface area contributed by atoms with E-state index in [1.807, 2.05) is 38.1 Å². The standard InChI is InChI=1S/C16H11Cl3N2/c1-8-4-3-5-10(13(8)18)16-20-14-9(2)6-7-11(17)12(14)15(19)21-16/h3-7H,1-2H3. The molecule has 2 nitrogen and oxygen atoms in total. The molecule has 0 aliphatic rings. The number of aromatic nitrogens is 2. The van der Waals surface area contributed by atoms with Gasteiger partial charge in [-0.15, -0.1) is 0 Å². The molecule has 0 aliphatic heterocycles. The van der Waals surface area contributed by atoms with Crippen LogP contribution in [0.5, 0.6) is 0 Å². The van der Waals surface area contributed by atoms with Gasteiger partial charge in [0.2, 0.25) is 0 Å². The molecule has 0 radical (unpaired) electrons. The van der Waals surface area contributed by atoms with Gasteiger partial charge in [0.15, 0.2) is 5.82 Å². The Hall–Kier alpha value is -1.35. The Bertz CT molecular complexity index is 860. The molecule has 0 aliphatic carbocycles. The van der Waals surface area contributed by atoms with Crippen molar-refractivity contribution in [3.63, 3.8) is 0 Å². The minimum atomic E-state index is 0.335. The van der Waals surface area contributed by atoms with Gasteiger partial charge in [0.25, 0.3) is 0 Å². The predicted octanol–water partition coefficient (Wildman–Crippen LogP) is 5.87. The maximum atomic E-state index is 6.35. The Morgan fingerprint density at radius 2 is 1.62 bits per heavy atom. The second-order valence-electron chi connectivity index (χ2n) is 4.86. The first-order chi connectivity index (χ1) is 9.99. The summed E-state index contributed by atoms with van der Waals surface area (Å²) in [6, 6.07) is 9.45. The number of hydrogen-bond acceptors (Lipinski definition) is 2. The Balaban J connectivity index is 2.36. The van der Waals surface area contributed by atoms with Crippen LogP contribution in [-0.4, -0.2) is 9.97 Å². The average molecular weight is 338 g/mol. The van der Waals surface area contributed by atoms with Crippen LogP contribution in [-0.2, 0) is 0 Å². The minimum Gasteiger partial charge on any atom is -0.228 e. The van der Waals surface area contributed by atoms with E-state index in [9.17, 15) is 0 Å². The van der Waals surface area contributed by atoms with E-state index in [1.165, 1.54) is 0 Å². The summed E-state index contributed by atoms with van der Waals surface area (Å²) in [6.07, 6.45) is 0. The topological polar surface area (TPSA) is 25.8 Å². The maximum absolute atomic E-state index is 6.35. The third kappa shape index (κ3) is 2.48. The van der Waals surface area contributed by atoms with Crippen molar-refractivity contribution in [2.45, 2.75) is 13.8 Å². The van der Waals surface area contributed by atoms with E-state index in [-0.39, 0.29) is 0 Å². The van der Waals surface area contributed by atoms with E-state index in [2.05, 4.69) is 9.97 Å². The number of benzene rings is 2. The monoisotopic (exact) mass is 336 g/mol. The van der Waals surface area contributed by atoms with Gasteiger partial charge in [-0.05, 0) is 37.1 Å². The van der Waals surface area contributed by atoms with Gasteiger partial charge in [-0.2, -0.15) is 0 Å². The van der Waals surface area contributed by atoms with Crippen LogP contribution in [0, 0.1) is 13.8 Å². The van der Waals surface area contributed by atoms with Crippen molar-refractivity contribution in [1.29, 1.82) is 0 Å². The smallest absolute Gasteiger partial charge is 0.163 e. The van der Waals surface area contributed by atoms with Crippen LogP contribution in [0.15, 0.2) is 30.3 Å². The normalized spacial score (nSPS) is 11.1. The highest BCUT2D eigenvalue weighted by molar-refractivity contribution is 6.41. The zero-order valence-electron chi connectivity index (χ0n) is 11.4. The van der Waals surface area contributed by atoms with Crippen molar-refractivity contribution in [2.24, 2.45) is 0 Å². The van der Waals surface area contributed by atoms with Crippen LogP contribution in [0.1, 0.15) is 11.1 Å². The van der Waals surface area contributed by atoms with Crippen molar-refractivity contribution < 1.29 is 0 Å². The van der Waals surface area contributed by atoms with E-state index in [0.29, 0.717) is 26.4 Å². The molecule has 0 saturated carbocycles. The molecule has 2 aromatic carbocycles. The highest BCUT2D eigenvalue weighted by Gasteiger charge is 2.15. The highest BCUT2D eigenvalue weighted by Crippen LogP contribution is 2.34. The Morgan fingerprint density at radius 3 is 2.38 bits per heavy atom. The minimum absolute atomic E-state index is 0.335.